The van der Waals surface area contributed by atoms with Crippen LogP contribution in [0.1, 0.15) is 24.8 Å². The zero-order valence-electron chi connectivity index (χ0n) is 11.6. The van der Waals surface area contributed by atoms with Gasteiger partial charge in [-0.05, 0) is 37.0 Å². The van der Waals surface area contributed by atoms with Crippen LogP contribution in [0.25, 0.3) is 0 Å². The molecule has 1 saturated carbocycles. The summed E-state index contributed by atoms with van der Waals surface area (Å²) >= 11 is 0. The molecular weight excluding hydrogens is 242 g/mol. The van der Waals surface area contributed by atoms with Crippen LogP contribution in [0.2, 0.25) is 0 Å². The van der Waals surface area contributed by atoms with Crippen molar-refractivity contribution in [1.82, 2.24) is 4.90 Å². The van der Waals surface area contributed by atoms with Gasteiger partial charge in [0.1, 0.15) is 5.60 Å². The van der Waals surface area contributed by atoms with Crippen LogP contribution in [0.3, 0.4) is 0 Å². The molecule has 1 aliphatic heterocycles. The summed E-state index contributed by atoms with van der Waals surface area (Å²) < 4.78 is 10.6. The van der Waals surface area contributed by atoms with Gasteiger partial charge in [0.15, 0.2) is 11.5 Å². The molecule has 2 fully saturated rings. The van der Waals surface area contributed by atoms with Gasteiger partial charge in [0.2, 0.25) is 0 Å². The molecule has 104 valence electrons. The highest BCUT2D eigenvalue weighted by Crippen LogP contribution is 2.40. The van der Waals surface area contributed by atoms with E-state index in [0.717, 1.165) is 25.1 Å². The first-order valence-electron chi connectivity index (χ1n) is 6.85. The zero-order chi connectivity index (χ0) is 13.5. The average Bonchev–Trinajstić information content (AvgIpc) is 3.21. The fourth-order valence-corrected chi connectivity index (χ4v) is 2.94. The van der Waals surface area contributed by atoms with Crippen LogP contribution in [0, 0.1) is 0 Å². The van der Waals surface area contributed by atoms with E-state index in [1.807, 2.05) is 18.2 Å². The van der Waals surface area contributed by atoms with E-state index in [0.29, 0.717) is 17.5 Å². The molecule has 1 N–H and O–H groups in total. The van der Waals surface area contributed by atoms with Gasteiger partial charge in [0.05, 0.1) is 14.2 Å². The summed E-state index contributed by atoms with van der Waals surface area (Å²) in [4.78, 5) is 2.40. The summed E-state index contributed by atoms with van der Waals surface area (Å²) in [6.07, 6.45) is 3.35. The van der Waals surface area contributed by atoms with Crippen molar-refractivity contribution in [3.05, 3.63) is 23.8 Å². The van der Waals surface area contributed by atoms with Gasteiger partial charge < -0.3 is 14.6 Å². The van der Waals surface area contributed by atoms with Crippen molar-refractivity contribution in [1.29, 1.82) is 0 Å². The second-order valence-corrected chi connectivity index (χ2v) is 5.55. The Morgan fingerprint density at radius 2 is 1.95 bits per heavy atom. The summed E-state index contributed by atoms with van der Waals surface area (Å²) in [7, 11) is 3.24. The van der Waals surface area contributed by atoms with Gasteiger partial charge in [0.25, 0.3) is 0 Å². The number of nitrogens with zero attached hydrogens (tertiary/aromatic N) is 1. The number of rotatable bonds is 4. The van der Waals surface area contributed by atoms with E-state index in [1.54, 1.807) is 14.2 Å². The number of benzene rings is 1. The molecule has 1 aromatic rings. The van der Waals surface area contributed by atoms with Gasteiger partial charge in [-0.15, -0.1) is 0 Å². The lowest BCUT2D eigenvalue weighted by molar-refractivity contribution is 0.0449. The van der Waals surface area contributed by atoms with Crippen molar-refractivity contribution >= 4 is 0 Å². The maximum absolute atomic E-state index is 10.9. The summed E-state index contributed by atoms with van der Waals surface area (Å²) in [5.74, 6) is 1.38. The van der Waals surface area contributed by atoms with Crippen molar-refractivity contribution in [3.8, 4) is 11.5 Å². The fourth-order valence-electron chi connectivity index (χ4n) is 2.94. The topological polar surface area (TPSA) is 41.9 Å². The normalized spacial score (nSPS) is 27.5. The minimum absolute atomic E-state index is 0.679. The molecule has 1 unspecified atom stereocenters. The first-order chi connectivity index (χ1) is 9.16. The molecule has 0 bridgehead atoms. The number of hydrogen-bond acceptors (Lipinski definition) is 4. The maximum Gasteiger partial charge on any atom is 0.161 e. The monoisotopic (exact) mass is 263 g/mol. The molecule has 1 atom stereocenters. The second-order valence-electron chi connectivity index (χ2n) is 5.55. The molecular formula is C15H21NO3. The van der Waals surface area contributed by atoms with E-state index in [2.05, 4.69) is 4.90 Å². The van der Waals surface area contributed by atoms with Gasteiger partial charge in [-0.1, -0.05) is 6.07 Å². The number of β-amino-alcohol motifs (C(OH)–C–C–N with tert-alkyl or cyclic N) is 1. The quantitative estimate of drug-likeness (QED) is 0.899. The Labute approximate surface area is 113 Å². The Bertz CT molecular complexity index is 472. The summed E-state index contributed by atoms with van der Waals surface area (Å²) in [5.41, 5.74) is 0.176. The number of methoxy groups -OCH3 is 2. The first-order valence-corrected chi connectivity index (χ1v) is 6.85. The highest BCUT2D eigenvalue weighted by atomic mass is 16.5. The number of aliphatic hydroxyl groups is 1. The molecule has 0 spiro atoms. The molecule has 0 radical (unpaired) electrons. The van der Waals surface area contributed by atoms with Gasteiger partial charge in [-0.25, -0.2) is 0 Å². The molecule has 4 heteroatoms. The van der Waals surface area contributed by atoms with Crippen LogP contribution in [-0.2, 0) is 5.60 Å². The average molecular weight is 263 g/mol. The minimum Gasteiger partial charge on any atom is -0.493 e. The number of hydrogen-bond donors (Lipinski definition) is 1. The lowest BCUT2D eigenvalue weighted by atomic mass is 9.93. The van der Waals surface area contributed by atoms with E-state index in [-0.39, 0.29) is 0 Å². The third kappa shape index (κ3) is 2.30. The van der Waals surface area contributed by atoms with E-state index >= 15 is 0 Å². The van der Waals surface area contributed by atoms with Crippen molar-refractivity contribution in [2.45, 2.75) is 30.9 Å². The van der Waals surface area contributed by atoms with Gasteiger partial charge >= 0.3 is 0 Å². The van der Waals surface area contributed by atoms with Crippen LogP contribution >= 0.6 is 0 Å². The van der Waals surface area contributed by atoms with Crippen molar-refractivity contribution in [2.24, 2.45) is 0 Å². The van der Waals surface area contributed by atoms with Gasteiger partial charge in [-0.2, -0.15) is 0 Å². The van der Waals surface area contributed by atoms with E-state index in [4.69, 9.17) is 9.47 Å². The Hall–Kier alpha value is -1.26. The fraction of sp³-hybridized carbons (Fsp3) is 0.600. The van der Waals surface area contributed by atoms with Gasteiger partial charge in [-0.3, -0.25) is 4.90 Å². The molecule has 3 rings (SSSR count). The van der Waals surface area contributed by atoms with Crippen LogP contribution in [0.5, 0.6) is 11.5 Å². The molecule has 1 aliphatic carbocycles. The highest BCUT2D eigenvalue weighted by molar-refractivity contribution is 5.45. The zero-order valence-corrected chi connectivity index (χ0v) is 11.6. The molecule has 2 aliphatic rings. The minimum atomic E-state index is -0.748. The Morgan fingerprint density at radius 3 is 2.58 bits per heavy atom. The highest BCUT2D eigenvalue weighted by Gasteiger charge is 2.43. The van der Waals surface area contributed by atoms with Crippen molar-refractivity contribution in [3.63, 3.8) is 0 Å². The van der Waals surface area contributed by atoms with Crippen molar-refractivity contribution in [2.75, 3.05) is 27.3 Å². The number of ether oxygens (including phenoxy) is 2. The predicted molar refractivity (Wildman–Crippen MR) is 72.7 cm³/mol. The molecule has 0 aromatic heterocycles. The molecule has 1 aromatic carbocycles. The van der Waals surface area contributed by atoms with E-state index < -0.39 is 5.60 Å². The summed E-state index contributed by atoms with van der Waals surface area (Å²) in [5, 5.41) is 10.9. The van der Waals surface area contributed by atoms with Crippen LogP contribution < -0.4 is 9.47 Å². The maximum atomic E-state index is 10.9. The number of likely N-dealkylation sites (tertiary alicyclic amines) is 1. The lowest BCUT2D eigenvalue weighted by Crippen LogP contribution is -2.31. The molecule has 1 saturated heterocycles. The lowest BCUT2D eigenvalue weighted by Gasteiger charge is -2.25. The largest absolute Gasteiger partial charge is 0.493 e. The predicted octanol–water partition coefficient (Wildman–Crippen LogP) is 1.76. The Morgan fingerprint density at radius 1 is 1.21 bits per heavy atom. The molecule has 1 heterocycles. The van der Waals surface area contributed by atoms with Crippen LogP contribution in [0.4, 0.5) is 0 Å². The standard InChI is InChI=1S/C15H21NO3/c1-18-13-6-3-11(9-14(13)19-2)15(17)7-8-16(10-15)12-4-5-12/h3,6,9,12,17H,4-5,7-8,10H2,1-2H3. The summed E-state index contributed by atoms with van der Waals surface area (Å²) in [6, 6.07) is 6.41. The van der Waals surface area contributed by atoms with E-state index in [9.17, 15) is 5.11 Å². The Balaban J connectivity index is 1.84. The first kappa shape index (κ1) is 12.8. The third-order valence-electron chi connectivity index (χ3n) is 4.26. The Kier molecular flexibility index (Phi) is 3.15. The van der Waals surface area contributed by atoms with Gasteiger partial charge in [0, 0.05) is 19.1 Å². The summed E-state index contributed by atoms with van der Waals surface area (Å²) in [6.45, 7) is 1.71. The van der Waals surface area contributed by atoms with E-state index in [1.165, 1.54) is 12.8 Å². The second kappa shape index (κ2) is 4.69. The van der Waals surface area contributed by atoms with Crippen molar-refractivity contribution < 1.29 is 14.6 Å². The molecule has 19 heavy (non-hydrogen) atoms. The third-order valence-corrected chi connectivity index (χ3v) is 4.26. The molecule has 0 amide bonds. The van der Waals surface area contributed by atoms with Crippen LogP contribution in [0.15, 0.2) is 18.2 Å². The molecule has 4 nitrogen and oxygen atoms in total. The smallest absolute Gasteiger partial charge is 0.161 e. The van der Waals surface area contributed by atoms with Crippen LogP contribution in [-0.4, -0.2) is 43.4 Å². The SMILES string of the molecule is COc1ccc(C2(O)CCN(C3CC3)C2)cc1OC.